The molecule has 0 saturated heterocycles. The van der Waals surface area contributed by atoms with Gasteiger partial charge < -0.3 is 4.74 Å². The number of nitro benzene ring substituents is 1. The van der Waals surface area contributed by atoms with Gasteiger partial charge in [-0.05, 0) is 50.1 Å². The zero-order chi connectivity index (χ0) is 22.0. The first-order valence-corrected chi connectivity index (χ1v) is 9.36. The lowest BCUT2D eigenvalue weighted by Gasteiger charge is -2.36. The lowest BCUT2D eigenvalue weighted by atomic mass is 10.0. The number of nitro groups is 1. The topological polar surface area (TPSA) is 110 Å². The quantitative estimate of drug-likeness (QED) is 0.425. The molecule has 0 aromatic heterocycles. The van der Waals surface area contributed by atoms with Crippen molar-refractivity contribution in [1.82, 2.24) is 0 Å². The third kappa shape index (κ3) is 4.00. The largest absolute Gasteiger partial charge is 0.465 e. The van der Waals surface area contributed by atoms with Crippen LogP contribution in [0.15, 0.2) is 36.4 Å². The molecule has 2 aromatic rings. The summed E-state index contributed by atoms with van der Waals surface area (Å²) in [4.78, 5) is 51.0. The van der Waals surface area contributed by atoms with Gasteiger partial charge in [-0.3, -0.25) is 34.3 Å². The van der Waals surface area contributed by atoms with E-state index in [1.54, 1.807) is 19.1 Å². The van der Waals surface area contributed by atoms with Crippen molar-refractivity contribution in [3.05, 3.63) is 63.2 Å². The Bertz CT molecular complexity index is 1050. The molecular weight excluding hydrogens is 390 g/mol. The molecule has 156 valence electrons. The number of nitrogens with zero attached hydrogens (tertiary/aromatic N) is 3. The van der Waals surface area contributed by atoms with Crippen LogP contribution in [0.2, 0.25) is 0 Å². The molecule has 2 aromatic carbocycles. The molecule has 0 radical (unpaired) electrons. The summed E-state index contributed by atoms with van der Waals surface area (Å²) in [5.74, 6) is -1.53. The van der Waals surface area contributed by atoms with Gasteiger partial charge in [-0.25, -0.2) is 0 Å². The van der Waals surface area contributed by atoms with Crippen LogP contribution in [-0.4, -0.2) is 42.4 Å². The van der Waals surface area contributed by atoms with E-state index in [1.165, 1.54) is 34.1 Å². The van der Waals surface area contributed by atoms with Crippen LogP contribution < -0.4 is 9.80 Å². The van der Waals surface area contributed by atoms with Crippen LogP contribution >= 0.6 is 0 Å². The van der Waals surface area contributed by atoms with Crippen LogP contribution in [0.4, 0.5) is 17.1 Å². The van der Waals surface area contributed by atoms with Crippen LogP contribution in [0.5, 0.6) is 0 Å². The fourth-order valence-electron chi connectivity index (χ4n) is 3.26. The van der Waals surface area contributed by atoms with Gasteiger partial charge in [0.15, 0.2) is 0 Å². The van der Waals surface area contributed by atoms with Crippen molar-refractivity contribution in [2.24, 2.45) is 0 Å². The summed E-state index contributed by atoms with van der Waals surface area (Å²) >= 11 is 0. The first-order chi connectivity index (χ1) is 14.2. The number of fused-ring (bicyclic) bond motifs is 1. The molecule has 9 heteroatoms. The third-order valence-corrected chi connectivity index (χ3v) is 4.91. The van der Waals surface area contributed by atoms with Gasteiger partial charge in [0.1, 0.15) is 13.1 Å². The second-order valence-electron chi connectivity index (χ2n) is 6.91. The molecule has 0 unspecified atom stereocenters. The van der Waals surface area contributed by atoms with Gasteiger partial charge in [0.05, 0.1) is 22.9 Å². The first-order valence-electron chi connectivity index (χ1n) is 9.36. The number of carbonyl (C=O) groups is 3. The summed E-state index contributed by atoms with van der Waals surface area (Å²) in [6.07, 6.45) is 0. The van der Waals surface area contributed by atoms with Crippen molar-refractivity contribution in [2.45, 2.75) is 20.8 Å². The predicted octanol–water partition coefficient (Wildman–Crippen LogP) is 2.77. The number of rotatable bonds is 5. The van der Waals surface area contributed by atoms with Gasteiger partial charge in [-0.2, -0.15) is 0 Å². The van der Waals surface area contributed by atoms with Gasteiger partial charge in [0, 0.05) is 17.7 Å². The lowest BCUT2D eigenvalue weighted by Crippen LogP contribution is -2.50. The normalized spacial score (nSPS) is 13.1. The second-order valence-corrected chi connectivity index (χ2v) is 6.91. The van der Waals surface area contributed by atoms with Crippen molar-refractivity contribution in [1.29, 1.82) is 0 Å². The average Bonchev–Trinajstić information content (AvgIpc) is 2.71. The van der Waals surface area contributed by atoms with Crippen molar-refractivity contribution in [3.63, 3.8) is 0 Å². The standard InChI is InChI=1S/C21H21N3O6/c1-4-30-20(26)12-22-17-8-13(2)14(3)9-18(17)23(11-19(22)25)21(27)15-6-5-7-16(10-15)24(28)29/h5-10H,4,11-12H2,1-3H3. The van der Waals surface area contributed by atoms with E-state index in [0.717, 1.165) is 11.1 Å². The maximum Gasteiger partial charge on any atom is 0.326 e. The fraction of sp³-hybridized carbons (Fsp3) is 0.286. The number of esters is 1. The Kier molecular flexibility index (Phi) is 5.81. The maximum atomic E-state index is 13.2. The van der Waals surface area contributed by atoms with E-state index in [-0.39, 0.29) is 30.9 Å². The van der Waals surface area contributed by atoms with Crippen LogP contribution in [-0.2, 0) is 14.3 Å². The summed E-state index contributed by atoms with van der Waals surface area (Å²) in [6, 6.07) is 8.87. The Morgan fingerprint density at radius 3 is 2.43 bits per heavy atom. The third-order valence-electron chi connectivity index (χ3n) is 4.91. The molecule has 0 spiro atoms. The number of non-ortho nitro benzene ring substituents is 1. The zero-order valence-corrected chi connectivity index (χ0v) is 16.9. The van der Waals surface area contributed by atoms with Crippen molar-refractivity contribution in [2.75, 3.05) is 29.5 Å². The number of amides is 2. The van der Waals surface area contributed by atoms with E-state index < -0.39 is 22.7 Å². The number of carbonyl (C=O) groups excluding carboxylic acids is 3. The molecule has 3 rings (SSSR count). The highest BCUT2D eigenvalue weighted by Crippen LogP contribution is 2.37. The predicted molar refractivity (Wildman–Crippen MR) is 110 cm³/mol. The van der Waals surface area contributed by atoms with E-state index >= 15 is 0 Å². The molecule has 0 saturated carbocycles. The van der Waals surface area contributed by atoms with Crippen molar-refractivity contribution >= 4 is 34.8 Å². The molecule has 1 heterocycles. The van der Waals surface area contributed by atoms with E-state index in [2.05, 4.69) is 0 Å². The van der Waals surface area contributed by atoms with Gasteiger partial charge in [-0.1, -0.05) is 6.07 Å². The van der Waals surface area contributed by atoms with Crippen molar-refractivity contribution < 1.29 is 24.0 Å². The summed E-state index contributed by atoms with van der Waals surface area (Å²) in [6.45, 7) is 5.05. The van der Waals surface area contributed by atoms with E-state index in [9.17, 15) is 24.5 Å². The van der Waals surface area contributed by atoms with Gasteiger partial charge in [-0.15, -0.1) is 0 Å². The number of benzene rings is 2. The molecule has 0 atom stereocenters. The minimum absolute atomic E-state index is 0.0972. The first kappa shape index (κ1) is 21.0. The molecule has 30 heavy (non-hydrogen) atoms. The van der Waals surface area contributed by atoms with E-state index in [1.807, 2.05) is 13.8 Å². The Labute approximate surface area is 173 Å². The van der Waals surface area contributed by atoms with Crippen molar-refractivity contribution in [3.8, 4) is 0 Å². The minimum Gasteiger partial charge on any atom is -0.465 e. The Hall–Kier alpha value is -3.75. The molecule has 1 aliphatic heterocycles. The van der Waals surface area contributed by atoms with E-state index in [4.69, 9.17) is 4.74 Å². The van der Waals surface area contributed by atoms with Crippen LogP contribution in [0.25, 0.3) is 0 Å². The molecule has 0 N–H and O–H groups in total. The smallest absolute Gasteiger partial charge is 0.326 e. The molecule has 9 nitrogen and oxygen atoms in total. The summed E-state index contributed by atoms with van der Waals surface area (Å²) in [5, 5.41) is 11.1. The highest BCUT2D eigenvalue weighted by molar-refractivity contribution is 6.17. The zero-order valence-electron chi connectivity index (χ0n) is 16.9. The van der Waals surface area contributed by atoms with Gasteiger partial charge >= 0.3 is 5.97 Å². The average molecular weight is 411 g/mol. The highest BCUT2D eigenvalue weighted by atomic mass is 16.6. The SMILES string of the molecule is CCOC(=O)CN1C(=O)CN(C(=O)c2cccc([N+](=O)[O-])c2)c2cc(C)c(C)cc21. The Morgan fingerprint density at radius 2 is 1.80 bits per heavy atom. The van der Waals surface area contributed by atoms with E-state index in [0.29, 0.717) is 11.4 Å². The summed E-state index contributed by atoms with van der Waals surface area (Å²) < 4.78 is 4.96. The lowest BCUT2D eigenvalue weighted by molar-refractivity contribution is -0.384. The number of aryl methyl sites for hydroxylation is 2. The molecule has 0 fully saturated rings. The highest BCUT2D eigenvalue weighted by Gasteiger charge is 2.35. The molecule has 0 aliphatic carbocycles. The molecular formula is C21H21N3O6. The summed E-state index contributed by atoms with van der Waals surface area (Å²) in [7, 11) is 0. The second kappa shape index (κ2) is 8.32. The van der Waals surface area contributed by atoms with Gasteiger partial charge in [0.25, 0.3) is 11.6 Å². The fourth-order valence-corrected chi connectivity index (χ4v) is 3.26. The number of hydrogen-bond donors (Lipinski definition) is 0. The maximum absolute atomic E-state index is 13.2. The number of ether oxygens (including phenoxy) is 1. The minimum atomic E-state index is -0.583. The van der Waals surface area contributed by atoms with Crippen LogP contribution in [0.3, 0.4) is 0 Å². The van der Waals surface area contributed by atoms with Crippen LogP contribution in [0.1, 0.15) is 28.4 Å². The van der Waals surface area contributed by atoms with Gasteiger partial charge in [0.2, 0.25) is 5.91 Å². The molecule has 2 amide bonds. The number of anilines is 2. The Balaban J connectivity index is 2.05. The Morgan fingerprint density at radius 1 is 1.13 bits per heavy atom. The van der Waals surface area contributed by atoms with Crippen LogP contribution in [0, 0.1) is 24.0 Å². The molecule has 1 aliphatic rings. The number of hydrogen-bond acceptors (Lipinski definition) is 6. The monoisotopic (exact) mass is 411 g/mol. The molecule has 0 bridgehead atoms. The summed E-state index contributed by atoms with van der Waals surface area (Å²) in [5.41, 5.74) is 2.55.